The maximum absolute atomic E-state index is 11.7. The first-order valence-corrected chi connectivity index (χ1v) is 6.08. The molecule has 0 fully saturated rings. The van der Waals surface area contributed by atoms with E-state index >= 15 is 0 Å². The Bertz CT molecular complexity index is 582. The average Bonchev–Trinajstić information content (AvgIpc) is 2.75. The van der Waals surface area contributed by atoms with Gasteiger partial charge in [0.2, 0.25) is 0 Å². The van der Waals surface area contributed by atoms with Crippen LogP contribution in [0.25, 0.3) is 0 Å². The third-order valence-electron chi connectivity index (χ3n) is 1.77. The Morgan fingerprint density at radius 1 is 1.44 bits per heavy atom. The first kappa shape index (κ1) is 10.9. The molecule has 2 rings (SSSR count). The molecule has 0 saturated carbocycles. The second-order valence-corrected chi connectivity index (χ2v) is 4.96. The van der Waals surface area contributed by atoms with Gasteiger partial charge in [0.25, 0.3) is 10.0 Å². The summed E-state index contributed by atoms with van der Waals surface area (Å²) < 4.78 is 25.7. The van der Waals surface area contributed by atoms with Crippen molar-refractivity contribution in [2.75, 3.05) is 4.72 Å². The van der Waals surface area contributed by atoms with Crippen LogP contribution < -0.4 is 4.72 Å². The Morgan fingerprint density at radius 2 is 2.25 bits per heavy atom. The first-order chi connectivity index (χ1) is 7.59. The molecule has 6 nitrogen and oxygen atoms in total. The van der Waals surface area contributed by atoms with Crippen molar-refractivity contribution in [3.63, 3.8) is 0 Å². The van der Waals surface area contributed by atoms with E-state index in [1.807, 2.05) is 0 Å². The van der Waals surface area contributed by atoms with Gasteiger partial charge in [0.1, 0.15) is 4.90 Å². The Labute approximate surface area is 96.7 Å². The van der Waals surface area contributed by atoms with E-state index in [0.717, 1.165) is 0 Å². The molecule has 0 aliphatic carbocycles. The van der Waals surface area contributed by atoms with Gasteiger partial charge in [0.15, 0.2) is 5.82 Å². The van der Waals surface area contributed by atoms with Crippen LogP contribution in [0.2, 0.25) is 5.02 Å². The number of sulfonamides is 1. The minimum Gasteiger partial charge on any atom is -0.284 e. The Kier molecular flexibility index (Phi) is 2.80. The van der Waals surface area contributed by atoms with E-state index in [1.54, 1.807) is 12.1 Å². The van der Waals surface area contributed by atoms with Crippen LogP contribution in [0.3, 0.4) is 0 Å². The average molecular weight is 259 g/mol. The number of pyridine rings is 1. The van der Waals surface area contributed by atoms with Gasteiger partial charge in [-0.3, -0.25) is 9.82 Å². The molecule has 0 atom stereocenters. The highest BCUT2D eigenvalue weighted by molar-refractivity contribution is 7.92. The van der Waals surface area contributed by atoms with Gasteiger partial charge < -0.3 is 0 Å². The zero-order chi connectivity index (χ0) is 11.6. The highest BCUT2D eigenvalue weighted by Crippen LogP contribution is 2.20. The summed E-state index contributed by atoms with van der Waals surface area (Å²) in [7, 11) is -3.68. The van der Waals surface area contributed by atoms with E-state index in [-0.39, 0.29) is 15.7 Å². The predicted molar refractivity (Wildman–Crippen MR) is 58.6 cm³/mol. The topological polar surface area (TPSA) is 87.7 Å². The van der Waals surface area contributed by atoms with Crippen LogP contribution in [0.4, 0.5) is 5.82 Å². The van der Waals surface area contributed by atoms with Crippen molar-refractivity contribution in [1.82, 2.24) is 15.2 Å². The minimum absolute atomic E-state index is 0.0224. The standard InChI is InChI=1S/C8H7ClN4O2S/c9-7-2-1-3-10-8(7)13-16(14,15)6-4-11-12-5-6/h1-5H,(H,10,13)(H,11,12). The van der Waals surface area contributed by atoms with E-state index in [9.17, 15) is 8.42 Å². The fourth-order valence-corrected chi connectivity index (χ4v) is 2.19. The fraction of sp³-hybridized carbons (Fsp3) is 0. The lowest BCUT2D eigenvalue weighted by molar-refractivity contribution is 0.601. The second-order valence-electron chi connectivity index (χ2n) is 2.87. The summed E-state index contributed by atoms with van der Waals surface area (Å²) in [6, 6.07) is 3.15. The van der Waals surface area contributed by atoms with Gasteiger partial charge in [-0.2, -0.15) is 5.10 Å². The molecule has 8 heteroatoms. The lowest BCUT2D eigenvalue weighted by Crippen LogP contribution is -2.13. The number of nitrogens with zero attached hydrogens (tertiary/aromatic N) is 2. The summed E-state index contributed by atoms with van der Waals surface area (Å²) in [6.45, 7) is 0. The van der Waals surface area contributed by atoms with Crippen molar-refractivity contribution in [1.29, 1.82) is 0 Å². The number of nitrogens with one attached hydrogen (secondary N) is 2. The lowest BCUT2D eigenvalue weighted by Gasteiger charge is -2.05. The summed E-state index contributed by atoms with van der Waals surface area (Å²) in [6.07, 6.45) is 3.90. The van der Waals surface area contributed by atoms with E-state index in [2.05, 4.69) is 19.9 Å². The smallest absolute Gasteiger partial charge is 0.266 e. The van der Waals surface area contributed by atoms with Gasteiger partial charge in [-0.05, 0) is 12.1 Å². The SMILES string of the molecule is O=S(=O)(Nc1ncccc1Cl)c1cn[nH]c1. The quantitative estimate of drug-likeness (QED) is 0.868. The van der Waals surface area contributed by atoms with Crippen LogP contribution in [0.5, 0.6) is 0 Å². The highest BCUT2D eigenvalue weighted by Gasteiger charge is 2.17. The van der Waals surface area contributed by atoms with Gasteiger partial charge in [0.05, 0.1) is 11.2 Å². The number of hydrogen-bond acceptors (Lipinski definition) is 4. The molecule has 0 radical (unpaired) electrons. The van der Waals surface area contributed by atoms with E-state index in [4.69, 9.17) is 11.6 Å². The largest absolute Gasteiger partial charge is 0.284 e. The van der Waals surface area contributed by atoms with Gasteiger partial charge in [0, 0.05) is 12.4 Å². The molecule has 0 aromatic carbocycles. The van der Waals surface area contributed by atoms with Crippen molar-refractivity contribution < 1.29 is 8.42 Å². The minimum atomic E-state index is -3.68. The van der Waals surface area contributed by atoms with Crippen molar-refractivity contribution in [3.05, 3.63) is 35.7 Å². The number of anilines is 1. The molecule has 0 spiro atoms. The molecule has 2 aromatic rings. The zero-order valence-corrected chi connectivity index (χ0v) is 9.46. The van der Waals surface area contributed by atoms with Crippen molar-refractivity contribution in [2.45, 2.75) is 4.90 Å². The van der Waals surface area contributed by atoms with Crippen LogP contribution in [0, 0.1) is 0 Å². The molecule has 2 heterocycles. The Balaban J connectivity index is 2.33. The lowest BCUT2D eigenvalue weighted by atomic mass is 10.5. The zero-order valence-electron chi connectivity index (χ0n) is 7.88. The van der Waals surface area contributed by atoms with Crippen LogP contribution in [-0.4, -0.2) is 23.6 Å². The predicted octanol–water partition coefficient (Wildman–Crippen LogP) is 1.26. The van der Waals surface area contributed by atoms with Crippen molar-refractivity contribution >= 4 is 27.4 Å². The number of aromatic amines is 1. The molecule has 0 saturated heterocycles. The maximum atomic E-state index is 11.7. The number of halogens is 1. The molecule has 0 bridgehead atoms. The summed E-state index contributed by atoms with van der Waals surface area (Å²) in [5.74, 6) is 0.0883. The van der Waals surface area contributed by atoms with Crippen LogP contribution in [-0.2, 0) is 10.0 Å². The van der Waals surface area contributed by atoms with Crippen molar-refractivity contribution in [3.8, 4) is 0 Å². The molecule has 84 valence electrons. The molecular weight excluding hydrogens is 252 g/mol. The normalized spacial score (nSPS) is 11.3. The van der Waals surface area contributed by atoms with Crippen LogP contribution in [0.15, 0.2) is 35.6 Å². The fourth-order valence-electron chi connectivity index (χ4n) is 1.03. The molecular formula is C8H7ClN4O2S. The maximum Gasteiger partial charge on any atom is 0.266 e. The molecule has 0 aliphatic rings. The summed E-state index contributed by atoms with van der Waals surface area (Å²) in [4.78, 5) is 3.84. The third kappa shape index (κ3) is 2.15. The number of hydrogen-bond donors (Lipinski definition) is 2. The second kappa shape index (κ2) is 4.11. The van der Waals surface area contributed by atoms with Gasteiger partial charge >= 0.3 is 0 Å². The molecule has 2 N–H and O–H groups in total. The van der Waals surface area contributed by atoms with E-state index in [1.165, 1.54) is 18.6 Å². The number of aromatic nitrogens is 3. The Morgan fingerprint density at radius 3 is 2.88 bits per heavy atom. The van der Waals surface area contributed by atoms with E-state index < -0.39 is 10.0 Å². The molecule has 16 heavy (non-hydrogen) atoms. The monoisotopic (exact) mass is 258 g/mol. The molecule has 0 unspecified atom stereocenters. The molecule has 0 amide bonds. The number of H-pyrrole nitrogens is 1. The van der Waals surface area contributed by atoms with Gasteiger partial charge in [-0.25, -0.2) is 13.4 Å². The summed E-state index contributed by atoms with van der Waals surface area (Å²) >= 11 is 5.78. The third-order valence-corrected chi connectivity index (χ3v) is 3.38. The van der Waals surface area contributed by atoms with Crippen LogP contribution in [0.1, 0.15) is 0 Å². The molecule has 2 aromatic heterocycles. The van der Waals surface area contributed by atoms with Crippen molar-refractivity contribution in [2.24, 2.45) is 0 Å². The highest BCUT2D eigenvalue weighted by atomic mass is 35.5. The Hall–Kier alpha value is -1.60. The summed E-state index contributed by atoms with van der Waals surface area (Å²) in [5.41, 5.74) is 0. The van der Waals surface area contributed by atoms with Crippen LogP contribution >= 0.6 is 11.6 Å². The summed E-state index contributed by atoms with van der Waals surface area (Å²) in [5, 5.41) is 6.20. The number of rotatable bonds is 3. The first-order valence-electron chi connectivity index (χ1n) is 4.22. The van der Waals surface area contributed by atoms with Gasteiger partial charge in [-0.1, -0.05) is 11.6 Å². The van der Waals surface area contributed by atoms with E-state index in [0.29, 0.717) is 0 Å². The van der Waals surface area contributed by atoms with Gasteiger partial charge in [-0.15, -0.1) is 0 Å². The molecule has 0 aliphatic heterocycles.